The second-order valence-electron chi connectivity index (χ2n) is 5.26. The molecule has 1 fully saturated rings. The Morgan fingerprint density at radius 3 is 2.84 bits per heavy atom. The minimum atomic E-state index is -3.35. The third-order valence-electron chi connectivity index (χ3n) is 3.70. The summed E-state index contributed by atoms with van der Waals surface area (Å²) in [6.07, 6.45) is 4.52. The summed E-state index contributed by atoms with van der Waals surface area (Å²) in [7, 11) is -3.35. The SMILES string of the molecule is CC1CCCC(S(=O)(=O)Cc2occc2C(=O)O)C1. The molecule has 0 saturated heterocycles. The van der Waals surface area contributed by atoms with Crippen molar-refractivity contribution in [3.63, 3.8) is 0 Å². The summed E-state index contributed by atoms with van der Waals surface area (Å²) >= 11 is 0. The minimum absolute atomic E-state index is 0.0331. The molecule has 0 bridgehead atoms. The molecule has 1 heterocycles. The van der Waals surface area contributed by atoms with Crippen LogP contribution < -0.4 is 0 Å². The predicted molar refractivity (Wildman–Crippen MR) is 69.7 cm³/mol. The molecular weight excluding hydrogens is 268 g/mol. The first-order chi connectivity index (χ1) is 8.90. The number of carbonyl (C=O) groups is 1. The maximum atomic E-state index is 12.3. The molecule has 1 aliphatic carbocycles. The zero-order valence-electron chi connectivity index (χ0n) is 10.8. The number of rotatable bonds is 4. The van der Waals surface area contributed by atoms with Crippen molar-refractivity contribution in [2.45, 2.75) is 43.6 Å². The lowest BCUT2D eigenvalue weighted by atomic mass is 9.91. The lowest BCUT2D eigenvalue weighted by Gasteiger charge is -2.26. The van der Waals surface area contributed by atoms with Gasteiger partial charge in [-0.2, -0.15) is 0 Å². The molecule has 1 saturated carbocycles. The van der Waals surface area contributed by atoms with E-state index in [1.807, 2.05) is 0 Å². The molecule has 2 atom stereocenters. The molecule has 0 aliphatic heterocycles. The number of aromatic carboxylic acids is 1. The van der Waals surface area contributed by atoms with Gasteiger partial charge in [0.05, 0.1) is 11.5 Å². The number of carboxylic acids is 1. The smallest absolute Gasteiger partial charge is 0.339 e. The van der Waals surface area contributed by atoms with E-state index in [9.17, 15) is 13.2 Å². The first-order valence-corrected chi connectivity index (χ1v) is 8.13. The first kappa shape index (κ1) is 14.1. The van der Waals surface area contributed by atoms with Crippen LogP contribution in [-0.4, -0.2) is 24.7 Å². The number of hydrogen-bond acceptors (Lipinski definition) is 4. The van der Waals surface area contributed by atoms with Crippen molar-refractivity contribution in [1.29, 1.82) is 0 Å². The molecule has 5 nitrogen and oxygen atoms in total. The van der Waals surface area contributed by atoms with Crippen molar-refractivity contribution >= 4 is 15.8 Å². The van der Waals surface area contributed by atoms with E-state index >= 15 is 0 Å². The van der Waals surface area contributed by atoms with Crippen LogP contribution in [0.1, 0.15) is 48.7 Å². The Hall–Kier alpha value is -1.30. The van der Waals surface area contributed by atoms with Crippen LogP contribution in [0.3, 0.4) is 0 Å². The van der Waals surface area contributed by atoms with Crippen LogP contribution in [0.15, 0.2) is 16.7 Å². The average molecular weight is 286 g/mol. The van der Waals surface area contributed by atoms with Crippen LogP contribution in [0.25, 0.3) is 0 Å². The van der Waals surface area contributed by atoms with Gasteiger partial charge in [-0.3, -0.25) is 0 Å². The van der Waals surface area contributed by atoms with Crippen LogP contribution in [0, 0.1) is 5.92 Å². The zero-order chi connectivity index (χ0) is 14.0. The topological polar surface area (TPSA) is 84.6 Å². The van der Waals surface area contributed by atoms with Gasteiger partial charge in [-0.1, -0.05) is 19.8 Å². The molecule has 0 radical (unpaired) electrons. The molecule has 0 aromatic carbocycles. The van der Waals surface area contributed by atoms with Gasteiger partial charge in [0.15, 0.2) is 9.84 Å². The van der Waals surface area contributed by atoms with E-state index in [4.69, 9.17) is 9.52 Å². The zero-order valence-corrected chi connectivity index (χ0v) is 11.6. The van der Waals surface area contributed by atoms with Crippen LogP contribution in [0.2, 0.25) is 0 Å². The van der Waals surface area contributed by atoms with Gasteiger partial charge in [-0.05, 0) is 24.8 Å². The van der Waals surface area contributed by atoms with E-state index < -0.39 is 15.8 Å². The summed E-state index contributed by atoms with van der Waals surface area (Å²) < 4.78 is 29.7. The van der Waals surface area contributed by atoms with Crippen LogP contribution >= 0.6 is 0 Å². The Morgan fingerprint density at radius 2 is 2.21 bits per heavy atom. The summed E-state index contributed by atoms with van der Waals surface area (Å²) in [5.41, 5.74) is -0.0626. The summed E-state index contributed by atoms with van der Waals surface area (Å²) in [6, 6.07) is 1.29. The molecule has 19 heavy (non-hydrogen) atoms. The highest BCUT2D eigenvalue weighted by Crippen LogP contribution is 2.30. The van der Waals surface area contributed by atoms with Gasteiger partial charge >= 0.3 is 5.97 Å². The first-order valence-electron chi connectivity index (χ1n) is 6.41. The van der Waals surface area contributed by atoms with Crippen molar-refractivity contribution in [2.24, 2.45) is 5.92 Å². The van der Waals surface area contributed by atoms with E-state index in [0.29, 0.717) is 18.8 Å². The van der Waals surface area contributed by atoms with Gasteiger partial charge in [0.2, 0.25) is 0 Å². The van der Waals surface area contributed by atoms with E-state index in [1.165, 1.54) is 12.3 Å². The van der Waals surface area contributed by atoms with Crippen molar-refractivity contribution in [3.8, 4) is 0 Å². The Balaban J connectivity index is 2.16. The van der Waals surface area contributed by atoms with Gasteiger partial charge in [0.1, 0.15) is 17.1 Å². The summed E-state index contributed by atoms with van der Waals surface area (Å²) in [5.74, 6) is -1.04. The highest BCUT2D eigenvalue weighted by atomic mass is 32.2. The molecule has 1 aromatic heterocycles. The lowest BCUT2D eigenvalue weighted by molar-refractivity contribution is 0.0695. The van der Waals surface area contributed by atoms with Crippen molar-refractivity contribution in [3.05, 3.63) is 23.7 Å². The normalized spacial score (nSPS) is 24.3. The summed E-state index contributed by atoms with van der Waals surface area (Å²) in [4.78, 5) is 10.9. The van der Waals surface area contributed by atoms with E-state index in [1.54, 1.807) is 0 Å². The number of carboxylic acid groups (broad SMARTS) is 1. The number of furan rings is 1. The summed E-state index contributed by atoms with van der Waals surface area (Å²) in [5, 5.41) is 8.58. The van der Waals surface area contributed by atoms with Crippen LogP contribution in [-0.2, 0) is 15.6 Å². The average Bonchev–Trinajstić information content (AvgIpc) is 2.76. The van der Waals surface area contributed by atoms with Crippen molar-refractivity contribution in [1.82, 2.24) is 0 Å². The van der Waals surface area contributed by atoms with Crippen molar-refractivity contribution < 1.29 is 22.7 Å². The third-order valence-corrected chi connectivity index (χ3v) is 5.81. The van der Waals surface area contributed by atoms with Gasteiger partial charge < -0.3 is 9.52 Å². The second-order valence-corrected chi connectivity index (χ2v) is 7.54. The molecule has 2 rings (SSSR count). The van der Waals surface area contributed by atoms with E-state index in [0.717, 1.165) is 12.8 Å². The lowest BCUT2D eigenvalue weighted by Crippen LogP contribution is -2.28. The maximum Gasteiger partial charge on any atom is 0.339 e. The molecule has 0 spiro atoms. The number of sulfone groups is 1. The van der Waals surface area contributed by atoms with E-state index in [-0.39, 0.29) is 22.3 Å². The molecule has 1 aliphatic rings. The van der Waals surface area contributed by atoms with Crippen LogP contribution in [0.4, 0.5) is 0 Å². The highest BCUT2D eigenvalue weighted by Gasteiger charge is 2.32. The molecular formula is C13H18O5S. The fourth-order valence-electron chi connectivity index (χ4n) is 2.65. The highest BCUT2D eigenvalue weighted by molar-refractivity contribution is 7.91. The molecule has 1 aromatic rings. The minimum Gasteiger partial charge on any atom is -0.478 e. The molecule has 1 N–H and O–H groups in total. The van der Waals surface area contributed by atoms with E-state index in [2.05, 4.69) is 6.92 Å². The van der Waals surface area contributed by atoms with Gasteiger partial charge in [-0.25, -0.2) is 13.2 Å². The molecule has 106 valence electrons. The molecule has 2 unspecified atom stereocenters. The Morgan fingerprint density at radius 1 is 1.47 bits per heavy atom. The van der Waals surface area contributed by atoms with Gasteiger partial charge in [0, 0.05) is 0 Å². The Kier molecular flexibility index (Phi) is 3.99. The summed E-state index contributed by atoms with van der Waals surface area (Å²) in [6.45, 7) is 2.05. The molecule has 6 heteroatoms. The number of hydrogen-bond donors (Lipinski definition) is 1. The predicted octanol–water partition coefficient (Wildman–Crippen LogP) is 2.47. The monoisotopic (exact) mass is 286 g/mol. The van der Waals surface area contributed by atoms with Gasteiger partial charge in [-0.15, -0.1) is 0 Å². The fourth-order valence-corrected chi connectivity index (χ4v) is 4.62. The largest absolute Gasteiger partial charge is 0.478 e. The second kappa shape index (κ2) is 5.36. The Labute approximate surface area is 112 Å². The third kappa shape index (κ3) is 3.18. The van der Waals surface area contributed by atoms with Crippen molar-refractivity contribution in [2.75, 3.05) is 0 Å². The standard InChI is InChI=1S/C13H18O5S/c1-9-3-2-4-10(7-9)19(16,17)8-12-11(13(14)15)5-6-18-12/h5-6,9-10H,2-4,7-8H2,1H3,(H,14,15). The maximum absolute atomic E-state index is 12.3. The quantitative estimate of drug-likeness (QED) is 0.919. The molecule has 0 amide bonds. The van der Waals surface area contributed by atoms with Gasteiger partial charge in [0.25, 0.3) is 0 Å². The van der Waals surface area contributed by atoms with Crippen LogP contribution in [0.5, 0.6) is 0 Å². The fraction of sp³-hybridized carbons (Fsp3) is 0.615. The Bertz CT molecular complexity index is 557.